The molecule has 1 aliphatic heterocycles. The number of rotatable bonds is 6. The van der Waals surface area contributed by atoms with Crippen molar-refractivity contribution in [3.05, 3.63) is 64.2 Å². The molecule has 0 bridgehead atoms. The number of benzene rings is 2. The number of alkyl halides is 3. The summed E-state index contributed by atoms with van der Waals surface area (Å²) in [6, 6.07) is 8.75. The summed E-state index contributed by atoms with van der Waals surface area (Å²) in [6.07, 6.45) is -3.53. The van der Waals surface area contributed by atoms with Gasteiger partial charge in [-0.25, -0.2) is 9.59 Å². The maximum Gasteiger partial charge on any atom is 0.416 e. The van der Waals surface area contributed by atoms with E-state index in [4.69, 9.17) is 9.47 Å². The van der Waals surface area contributed by atoms with Crippen LogP contribution in [0.1, 0.15) is 68.4 Å². The summed E-state index contributed by atoms with van der Waals surface area (Å²) in [5.41, 5.74) is 3.62. The van der Waals surface area contributed by atoms with Crippen molar-refractivity contribution >= 4 is 23.4 Å². The van der Waals surface area contributed by atoms with Crippen molar-refractivity contribution in [2.45, 2.75) is 65.3 Å². The third-order valence-electron chi connectivity index (χ3n) is 8.24. The van der Waals surface area contributed by atoms with Gasteiger partial charge in [-0.2, -0.15) is 13.2 Å². The molecule has 2 aromatic rings. The average molecular weight is 588 g/mol. The Morgan fingerprint density at radius 3 is 2.45 bits per heavy atom. The zero-order chi connectivity index (χ0) is 31.1. The Morgan fingerprint density at radius 2 is 1.83 bits per heavy atom. The first-order valence-electron chi connectivity index (χ1n) is 14.0. The Balaban J connectivity index is 1.73. The van der Waals surface area contributed by atoms with Gasteiger partial charge in [-0.1, -0.05) is 25.5 Å². The van der Waals surface area contributed by atoms with E-state index in [1.54, 1.807) is 51.0 Å². The van der Waals surface area contributed by atoms with Gasteiger partial charge in [0.2, 0.25) is 0 Å². The molecular weight excluding hydrogens is 547 g/mol. The molecular formula is C32H40F3N3O4. The third-order valence-corrected chi connectivity index (χ3v) is 8.24. The van der Waals surface area contributed by atoms with Crippen molar-refractivity contribution in [2.24, 2.45) is 5.41 Å². The minimum atomic E-state index is -4.50. The number of ether oxygens (including phenoxy) is 2. The number of nitrogens with zero attached hydrogens (tertiary/aromatic N) is 3. The number of carbonyl (C=O) groups excluding carboxylic acids is 2. The molecule has 4 rings (SSSR count). The first-order chi connectivity index (χ1) is 19.5. The lowest BCUT2D eigenvalue weighted by Crippen LogP contribution is -2.36. The van der Waals surface area contributed by atoms with E-state index in [1.165, 1.54) is 4.90 Å². The molecule has 0 aromatic heterocycles. The van der Waals surface area contributed by atoms with Gasteiger partial charge in [-0.15, -0.1) is 0 Å². The molecule has 2 aliphatic rings. The molecule has 2 aromatic carbocycles. The topological polar surface area (TPSA) is 62.3 Å². The molecule has 228 valence electrons. The predicted molar refractivity (Wildman–Crippen MR) is 157 cm³/mol. The standard InChI is InChI=1S/C32H40F3N3O4/c1-19-13-21(15-23(14-19)32(33,34)35)28-20(2)38(30(40)42-28)18-22-17-31(3,4)12-11-25(22)26-16-24(9-10-27(26)41-8)37(7)29(39)36(5)6/h9-10,13-16,20,28H,11-12,17-18H2,1-8H3/t20-,28-/m0/s1. The average Bonchev–Trinajstić information content (AvgIpc) is 3.19. The molecule has 0 spiro atoms. The van der Waals surface area contributed by atoms with Gasteiger partial charge < -0.3 is 14.4 Å². The van der Waals surface area contributed by atoms with Crippen LogP contribution in [0.25, 0.3) is 5.57 Å². The van der Waals surface area contributed by atoms with Gasteiger partial charge in [-0.05, 0) is 85.6 Å². The monoisotopic (exact) mass is 587 g/mol. The second kappa shape index (κ2) is 11.5. The normalized spacial score (nSPS) is 20.5. The van der Waals surface area contributed by atoms with E-state index in [1.807, 2.05) is 25.1 Å². The fourth-order valence-electron chi connectivity index (χ4n) is 5.95. The summed E-state index contributed by atoms with van der Waals surface area (Å²) in [5.74, 6) is 0.658. The van der Waals surface area contributed by atoms with Crippen molar-refractivity contribution in [2.75, 3.05) is 39.7 Å². The van der Waals surface area contributed by atoms with Crippen LogP contribution in [0.3, 0.4) is 0 Å². The van der Waals surface area contributed by atoms with Crippen molar-refractivity contribution in [3.8, 4) is 5.75 Å². The minimum absolute atomic E-state index is 0.0220. The summed E-state index contributed by atoms with van der Waals surface area (Å²) < 4.78 is 52.0. The zero-order valence-electron chi connectivity index (χ0n) is 25.6. The molecule has 2 atom stereocenters. The maximum absolute atomic E-state index is 13.5. The fraction of sp³-hybridized carbons (Fsp3) is 0.500. The number of halogens is 3. The first kappa shape index (κ1) is 31.3. The van der Waals surface area contributed by atoms with Gasteiger partial charge >= 0.3 is 18.3 Å². The number of cyclic esters (lactones) is 1. The van der Waals surface area contributed by atoms with E-state index in [-0.39, 0.29) is 18.0 Å². The van der Waals surface area contributed by atoms with Crippen LogP contribution in [0, 0.1) is 12.3 Å². The molecule has 3 amide bonds. The Kier molecular flexibility index (Phi) is 8.58. The predicted octanol–water partition coefficient (Wildman–Crippen LogP) is 7.69. The number of methoxy groups -OCH3 is 1. The molecule has 0 N–H and O–H groups in total. The number of anilines is 1. The van der Waals surface area contributed by atoms with Gasteiger partial charge in [0.15, 0.2) is 0 Å². The van der Waals surface area contributed by atoms with Crippen LogP contribution in [-0.2, 0) is 10.9 Å². The van der Waals surface area contributed by atoms with Crippen LogP contribution >= 0.6 is 0 Å². The van der Waals surface area contributed by atoms with Crippen LogP contribution in [0.5, 0.6) is 5.75 Å². The lowest BCUT2D eigenvalue weighted by atomic mass is 9.72. The molecule has 1 saturated heterocycles. The number of allylic oxidation sites excluding steroid dienone is 1. The highest BCUT2D eigenvalue weighted by molar-refractivity contribution is 5.92. The molecule has 7 nitrogen and oxygen atoms in total. The molecule has 1 heterocycles. The molecule has 10 heteroatoms. The van der Waals surface area contributed by atoms with E-state index >= 15 is 0 Å². The van der Waals surface area contributed by atoms with Gasteiger partial charge in [0, 0.05) is 38.9 Å². The van der Waals surface area contributed by atoms with Crippen molar-refractivity contribution in [1.29, 1.82) is 0 Å². The second-order valence-electron chi connectivity index (χ2n) is 12.3. The molecule has 42 heavy (non-hydrogen) atoms. The summed E-state index contributed by atoms with van der Waals surface area (Å²) in [4.78, 5) is 30.5. The van der Waals surface area contributed by atoms with Gasteiger partial charge in [0.25, 0.3) is 0 Å². The van der Waals surface area contributed by atoms with E-state index in [2.05, 4.69) is 13.8 Å². The van der Waals surface area contributed by atoms with Gasteiger partial charge in [0.05, 0.1) is 18.7 Å². The number of hydrogen-bond acceptors (Lipinski definition) is 4. The number of aryl methyl sites for hydroxylation is 1. The highest BCUT2D eigenvalue weighted by Gasteiger charge is 2.42. The van der Waals surface area contributed by atoms with Crippen LogP contribution < -0.4 is 9.64 Å². The van der Waals surface area contributed by atoms with Crippen molar-refractivity contribution in [3.63, 3.8) is 0 Å². The summed E-state index contributed by atoms with van der Waals surface area (Å²) in [7, 11) is 6.70. The number of urea groups is 1. The molecule has 0 unspecified atom stereocenters. The number of amides is 3. The molecule has 0 saturated carbocycles. The van der Waals surface area contributed by atoms with Gasteiger partial charge in [0.1, 0.15) is 11.9 Å². The minimum Gasteiger partial charge on any atom is -0.496 e. The van der Waals surface area contributed by atoms with Crippen molar-refractivity contribution in [1.82, 2.24) is 9.80 Å². The largest absolute Gasteiger partial charge is 0.496 e. The Morgan fingerprint density at radius 1 is 1.14 bits per heavy atom. The second-order valence-corrected chi connectivity index (χ2v) is 12.3. The molecule has 1 fully saturated rings. The van der Waals surface area contributed by atoms with E-state index in [9.17, 15) is 22.8 Å². The zero-order valence-corrected chi connectivity index (χ0v) is 25.6. The Hall–Kier alpha value is -3.69. The number of hydrogen-bond donors (Lipinski definition) is 0. The van der Waals surface area contributed by atoms with Crippen LogP contribution in [0.2, 0.25) is 0 Å². The lowest BCUT2D eigenvalue weighted by molar-refractivity contribution is -0.137. The van der Waals surface area contributed by atoms with Gasteiger partial charge in [-0.3, -0.25) is 9.80 Å². The summed E-state index contributed by atoms with van der Waals surface area (Å²) in [5, 5.41) is 0. The van der Waals surface area contributed by atoms with Crippen LogP contribution in [-0.4, -0.2) is 62.8 Å². The van der Waals surface area contributed by atoms with E-state index in [0.717, 1.165) is 41.7 Å². The smallest absolute Gasteiger partial charge is 0.416 e. The summed E-state index contributed by atoms with van der Waals surface area (Å²) >= 11 is 0. The SMILES string of the molecule is COc1ccc(N(C)C(=O)N(C)C)cc1C1=C(CN2C(=O)O[C@H](c3cc(C)cc(C(F)(F)F)c3)[C@@H]2C)CC(C)(C)CC1. The maximum atomic E-state index is 13.5. The quantitative estimate of drug-likeness (QED) is 0.348. The third kappa shape index (κ3) is 6.37. The lowest BCUT2D eigenvalue weighted by Gasteiger charge is -2.36. The van der Waals surface area contributed by atoms with Crippen LogP contribution in [0.15, 0.2) is 42.0 Å². The Bertz CT molecular complexity index is 1400. The van der Waals surface area contributed by atoms with E-state index in [0.29, 0.717) is 29.0 Å². The first-order valence-corrected chi connectivity index (χ1v) is 14.0. The highest BCUT2D eigenvalue weighted by atomic mass is 19.4. The summed E-state index contributed by atoms with van der Waals surface area (Å²) in [6.45, 7) is 8.04. The van der Waals surface area contributed by atoms with E-state index < -0.39 is 30.0 Å². The molecule has 0 radical (unpaired) electrons. The Labute approximate surface area is 245 Å². The molecule has 1 aliphatic carbocycles. The highest BCUT2D eigenvalue weighted by Crippen LogP contribution is 2.46. The van der Waals surface area contributed by atoms with Crippen molar-refractivity contribution < 1.29 is 32.2 Å². The number of carbonyl (C=O) groups is 2. The van der Waals surface area contributed by atoms with Crippen LogP contribution in [0.4, 0.5) is 28.4 Å². The fourth-order valence-corrected chi connectivity index (χ4v) is 5.95.